The van der Waals surface area contributed by atoms with Gasteiger partial charge in [0.1, 0.15) is 11.5 Å². The van der Waals surface area contributed by atoms with Crippen molar-refractivity contribution in [3.63, 3.8) is 0 Å². The highest BCUT2D eigenvalue weighted by molar-refractivity contribution is 6.04. The summed E-state index contributed by atoms with van der Waals surface area (Å²) in [6, 6.07) is 5.68. The molecule has 1 amide bonds. The molecule has 160 valence electrons. The predicted molar refractivity (Wildman–Crippen MR) is 108 cm³/mol. The average Bonchev–Trinajstić information content (AvgIpc) is 3.15. The summed E-state index contributed by atoms with van der Waals surface area (Å²) in [5, 5.41) is 2.56. The second-order valence-electron chi connectivity index (χ2n) is 6.64. The molecule has 3 aromatic rings. The zero-order valence-corrected chi connectivity index (χ0v) is 16.9. The van der Waals surface area contributed by atoms with Gasteiger partial charge in [0.15, 0.2) is 11.4 Å². The summed E-state index contributed by atoms with van der Waals surface area (Å²) < 4.78 is 38.2. The van der Waals surface area contributed by atoms with Gasteiger partial charge in [0, 0.05) is 26.1 Å². The number of unbranched alkanes of at least 4 members (excludes halogenated alkanes) is 1. The summed E-state index contributed by atoms with van der Waals surface area (Å²) >= 11 is 0. The van der Waals surface area contributed by atoms with Crippen molar-refractivity contribution in [2.24, 2.45) is 0 Å². The molecule has 30 heavy (non-hydrogen) atoms. The zero-order chi connectivity index (χ0) is 21.5. The maximum absolute atomic E-state index is 12.8. The molecule has 1 N–H and O–H groups in total. The summed E-state index contributed by atoms with van der Waals surface area (Å²) in [5.74, 6) is 0.0509. The molecule has 0 fully saturated rings. The van der Waals surface area contributed by atoms with Gasteiger partial charge in [-0.15, -0.1) is 0 Å². The largest absolute Gasteiger partial charge is 0.490 e. The Hall–Kier alpha value is -3.07. The fourth-order valence-corrected chi connectivity index (χ4v) is 3.01. The van der Waals surface area contributed by atoms with Crippen LogP contribution >= 0.6 is 0 Å². The van der Waals surface area contributed by atoms with Gasteiger partial charge in [0.2, 0.25) is 0 Å². The van der Waals surface area contributed by atoms with Gasteiger partial charge < -0.3 is 19.2 Å². The fourth-order valence-electron chi connectivity index (χ4n) is 3.01. The number of amides is 1. The summed E-state index contributed by atoms with van der Waals surface area (Å²) in [4.78, 5) is 21.1. The number of fused-ring (bicyclic) bond motifs is 1. The fraction of sp³-hybridized carbons (Fsp3) is 0.381. The molecule has 0 radical (unpaired) electrons. The summed E-state index contributed by atoms with van der Waals surface area (Å²) in [6.07, 6.45) is 3.42. The van der Waals surface area contributed by atoms with Gasteiger partial charge in [-0.3, -0.25) is 4.79 Å². The van der Waals surface area contributed by atoms with Crippen molar-refractivity contribution in [2.75, 3.05) is 25.6 Å². The number of halogens is 2. The topological polar surface area (TPSA) is 77.8 Å². The molecule has 0 bridgehead atoms. The number of aromatic nitrogens is 3. The van der Waals surface area contributed by atoms with E-state index in [1.165, 1.54) is 18.2 Å². The van der Waals surface area contributed by atoms with Crippen LogP contribution < -0.4 is 10.1 Å². The number of anilines is 1. The zero-order valence-electron chi connectivity index (χ0n) is 16.9. The van der Waals surface area contributed by atoms with Crippen LogP contribution in [0, 0.1) is 0 Å². The van der Waals surface area contributed by atoms with Crippen molar-refractivity contribution in [1.82, 2.24) is 14.4 Å². The monoisotopic (exact) mass is 418 g/mol. The van der Waals surface area contributed by atoms with Crippen molar-refractivity contribution in [2.45, 2.75) is 32.6 Å². The molecule has 9 heteroatoms. The van der Waals surface area contributed by atoms with Gasteiger partial charge in [-0.05, 0) is 44.4 Å². The smallest absolute Gasteiger partial charge is 0.280 e. The van der Waals surface area contributed by atoms with Gasteiger partial charge in [0.25, 0.3) is 12.3 Å². The quantitative estimate of drug-likeness (QED) is 0.497. The van der Waals surface area contributed by atoms with Crippen LogP contribution in [0.25, 0.3) is 5.65 Å². The lowest BCUT2D eigenvalue weighted by atomic mass is 10.2. The molecule has 7 nitrogen and oxygen atoms in total. The Kier molecular flexibility index (Phi) is 7.29. The molecule has 0 saturated carbocycles. The number of carbonyl (C=O) groups excluding carboxylic acids is 1. The van der Waals surface area contributed by atoms with Gasteiger partial charge in [0.05, 0.1) is 17.9 Å². The average molecular weight is 418 g/mol. The number of rotatable bonds is 10. The molecule has 0 atom stereocenters. The first-order chi connectivity index (χ1) is 14.5. The van der Waals surface area contributed by atoms with Crippen LogP contribution in [0.15, 0.2) is 36.7 Å². The highest BCUT2D eigenvalue weighted by Gasteiger charge is 2.16. The van der Waals surface area contributed by atoms with E-state index in [-0.39, 0.29) is 5.82 Å². The van der Waals surface area contributed by atoms with Crippen LogP contribution in [0.1, 0.15) is 47.9 Å². The van der Waals surface area contributed by atoms with E-state index in [4.69, 9.17) is 9.47 Å². The Balaban J connectivity index is 1.84. The number of hydrogen-bond acceptors (Lipinski definition) is 5. The van der Waals surface area contributed by atoms with E-state index < -0.39 is 18.0 Å². The minimum Gasteiger partial charge on any atom is -0.490 e. The third-order valence-electron chi connectivity index (χ3n) is 4.40. The third kappa shape index (κ3) is 5.29. The van der Waals surface area contributed by atoms with E-state index in [9.17, 15) is 13.6 Å². The molecule has 3 rings (SSSR count). The molecule has 0 spiro atoms. The number of alkyl halides is 2. The van der Waals surface area contributed by atoms with Crippen LogP contribution in [0.3, 0.4) is 0 Å². The number of nitrogens with one attached hydrogen (secondary N) is 1. The normalized spacial score (nSPS) is 11.2. The molecule has 3 aromatic heterocycles. The van der Waals surface area contributed by atoms with Crippen LogP contribution in [-0.2, 0) is 11.2 Å². The lowest BCUT2D eigenvalue weighted by Gasteiger charge is -2.09. The SMILES string of the molecule is CCOc1cc(C(=O)Nc2cccc(C(F)F)n2)cn2cc(CCCCOC)nc12. The minimum atomic E-state index is -2.71. The minimum absolute atomic E-state index is 0.0559. The van der Waals surface area contributed by atoms with E-state index in [0.717, 1.165) is 25.0 Å². The van der Waals surface area contributed by atoms with Crippen molar-refractivity contribution in [1.29, 1.82) is 0 Å². The van der Waals surface area contributed by atoms with Gasteiger partial charge in [-0.1, -0.05) is 6.07 Å². The number of pyridine rings is 2. The first-order valence-corrected chi connectivity index (χ1v) is 9.71. The van der Waals surface area contributed by atoms with E-state index in [0.29, 0.717) is 30.2 Å². The molecular formula is C21H24F2N4O3. The first-order valence-electron chi connectivity index (χ1n) is 9.71. The number of carbonyl (C=O) groups is 1. The number of hydrogen-bond donors (Lipinski definition) is 1. The van der Waals surface area contributed by atoms with Crippen LogP contribution in [-0.4, -0.2) is 40.6 Å². The number of methoxy groups -OCH3 is 1. The Morgan fingerprint density at radius 2 is 2.07 bits per heavy atom. The maximum Gasteiger partial charge on any atom is 0.280 e. The first kappa shape index (κ1) is 21.6. The van der Waals surface area contributed by atoms with Crippen LogP contribution in [0.4, 0.5) is 14.6 Å². The molecule has 0 aliphatic rings. The lowest BCUT2D eigenvalue weighted by molar-refractivity contribution is 0.102. The lowest BCUT2D eigenvalue weighted by Crippen LogP contribution is -2.14. The number of aryl methyl sites for hydroxylation is 1. The van der Waals surface area contributed by atoms with E-state index in [1.807, 2.05) is 13.1 Å². The number of imidazole rings is 1. The highest BCUT2D eigenvalue weighted by Crippen LogP contribution is 2.23. The maximum atomic E-state index is 12.8. The summed E-state index contributed by atoms with van der Waals surface area (Å²) in [6.45, 7) is 2.95. The molecule has 0 aromatic carbocycles. The van der Waals surface area contributed by atoms with Crippen LogP contribution in [0.5, 0.6) is 5.75 Å². The van der Waals surface area contributed by atoms with Crippen LogP contribution in [0.2, 0.25) is 0 Å². The Bertz CT molecular complexity index is 1010. The standard InChI is InChI=1S/C21H24F2N4O3/c1-3-30-17-11-14(21(28)26-18-9-6-8-16(25-18)19(22)23)12-27-13-15(24-20(17)27)7-4-5-10-29-2/h6,8-9,11-13,19H,3-5,7,10H2,1-2H3,(H,25,26,28). The van der Waals surface area contributed by atoms with Gasteiger partial charge in [-0.25, -0.2) is 18.7 Å². The Labute approximate surface area is 173 Å². The molecule has 0 unspecified atom stereocenters. The van der Waals surface area contributed by atoms with Crippen molar-refractivity contribution >= 4 is 17.4 Å². The molecule has 0 saturated heterocycles. The van der Waals surface area contributed by atoms with E-state index >= 15 is 0 Å². The second kappa shape index (κ2) is 10.1. The third-order valence-corrected chi connectivity index (χ3v) is 4.40. The van der Waals surface area contributed by atoms with Gasteiger partial charge >= 0.3 is 0 Å². The van der Waals surface area contributed by atoms with Crippen molar-refractivity contribution < 1.29 is 23.0 Å². The molecule has 0 aliphatic carbocycles. The molecular weight excluding hydrogens is 394 g/mol. The van der Waals surface area contributed by atoms with E-state index in [2.05, 4.69) is 15.3 Å². The molecule has 0 aliphatic heterocycles. The predicted octanol–water partition coefficient (Wildman–Crippen LogP) is 4.29. The number of nitrogens with zero attached hydrogens (tertiary/aromatic N) is 3. The molecule has 3 heterocycles. The summed E-state index contributed by atoms with van der Waals surface area (Å²) in [7, 11) is 1.67. The highest BCUT2D eigenvalue weighted by atomic mass is 19.3. The number of ether oxygens (including phenoxy) is 2. The van der Waals surface area contributed by atoms with Gasteiger partial charge in [-0.2, -0.15) is 0 Å². The van der Waals surface area contributed by atoms with Crippen molar-refractivity contribution in [3.8, 4) is 5.75 Å². The Morgan fingerprint density at radius 1 is 1.23 bits per heavy atom. The van der Waals surface area contributed by atoms with Crippen molar-refractivity contribution in [3.05, 3.63) is 53.6 Å². The van der Waals surface area contributed by atoms with E-state index in [1.54, 1.807) is 23.8 Å². The Morgan fingerprint density at radius 3 is 2.80 bits per heavy atom. The summed E-state index contributed by atoms with van der Waals surface area (Å²) in [5.41, 5.74) is 1.41. The second-order valence-corrected chi connectivity index (χ2v) is 6.64.